The summed E-state index contributed by atoms with van der Waals surface area (Å²) in [7, 11) is 0. The third-order valence-electron chi connectivity index (χ3n) is 5.66. The van der Waals surface area contributed by atoms with Crippen molar-refractivity contribution < 1.29 is 9.90 Å². The molecule has 3 nitrogen and oxygen atoms in total. The van der Waals surface area contributed by atoms with Crippen molar-refractivity contribution >= 4 is 5.91 Å². The number of hydrogen-bond acceptors (Lipinski definition) is 2. The molecule has 1 N–H and O–H groups in total. The fraction of sp³-hybridized carbons (Fsp3) is 0.929. The fourth-order valence-electron chi connectivity index (χ4n) is 5.45. The van der Waals surface area contributed by atoms with Crippen LogP contribution >= 0.6 is 0 Å². The Kier molecular flexibility index (Phi) is 1.98. The number of amides is 1. The summed E-state index contributed by atoms with van der Waals surface area (Å²) in [5, 5.41) is 10.5. The van der Waals surface area contributed by atoms with Gasteiger partial charge in [-0.05, 0) is 56.3 Å². The molecular formula is C14H21NO2. The van der Waals surface area contributed by atoms with E-state index >= 15 is 0 Å². The second-order valence-corrected chi connectivity index (χ2v) is 6.88. The Morgan fingerprint density at radius 1 is 1.18 bits per heavy atom. The Bertz CT molecular complexity index is 351. The van der Waals surface area contributed by atoms with E-state index in [2.05, 4.69) is 4.90 Å². The molecule has 4 saturated carbocycles. The molecular weight excluding hydrogens is 214 g/mol. The maximum absolute atomic E-state index is 11.9. The molecule has 1 amide bonds. The average Bonchev–Trinajstić information content (AvgIpc) is 2.61. The van der Waals surface area contributed by atoms with Crippen molar-refractivity contribution in [3.8, 4) is 0 Å². The Balaban J connectivity index is 1.64. The first-order chi connectivity index (χ1) is 8.15. The van der Waals surface area contributed by atoms with Crippen molar-refractivity contribution in [3.05, 3.63) is 0 Å². The number of hydrogen-bond donors (Lipinski definition) is 1. The van der Waals surface area contributed by atoms with Gasteiger partial charge >= 0.3 is 0 Å². The summed E-state index contributed by atoms with van der Waals surface area (Å²) < 4.78 is 0. The van der Waals surface area contributed by atoms with Crippen LogP contribution in [0.1, 0.15) is 44.9 Å². The molecule has 1 aliphatic heterocycles. The summed E-state index contributed by atoms with van der Waals surface area (Å²) >= 11 is 0. The van der Waals surface area contributed by atoms with Crippen LogP contribution in [-0.2, 0) is 4.79 Å². The summed E-state index contributed by atoms with van der Waals surface area (Å²) in [5.74, 6) is 2.29. The lowest BCUT2D eigenvalue weighted by Crippen LogP contribution is -2.61. The highest BCUT2D eigenvalue weighted by molar-refractivity contribution is 5.78. The van der Waals surface area contributed by atoms with E-state index < -0.39 is 0 Å². The summed E-state index contributed by atoms with van der Waals surface area (Å²) in [6.45, 7) is 0.972. The van der Waals surface area contributed by atoms with Gasteiger partial charge in [0.05, 0.1) is 5.60 Å². The first-order valence-corrected chi connectivity index (χ1v) is 7.16. The van der Waals surface area contributed by atoms with Gasteiger partial charge in [0, 0.05) is 19.0 Å². The van der Waals surface area contributed by atoms with E-state index in [0.29, 0.717) is 23.8 Å². The number of likely N-dealkylation sites (tertiary alicyclic amines) is 1. The molecule has 5 aliphatic rings. The first-order valence-electron chi connectivity index (χ1n) is 7.16. The number of carbonyl (C=O) groups excluding carboxylic acids is 1. The molecule has 0 radical (unpaired) electrons. The van der Waals surface area contributed by atoms with Crippen molar-refractivity contribution in [3.63, 3.8) is 0 Å². The van der Waals surface area contributed by atoms with E-state index in [-0.39, 0.29) is 5.60 Å². The van der Waals surface area contributed by atoms with Crippen LogP contribution in [0.4, 0.5) is 0 Å². The van der Waals surface area contributed by atoms with E-state index in [9.17, 15) is 9.90 Å². The Morgan fingerprint density at radius 2 is 1.88 bits per heavy atom. The van der Waals surface area contributed by atoms with Crippen molar-refractivity contribution in [1.82, 2.24) is 4.90 Å². The standard InChI is InChI=1S/C14H21NO2/c16-12-2-1-3-15(12)13-10-4-9-5-11(13)8-14(17,6-9)7-10/h9-11,13,17H,1-8H2. The zero-order valence-corrected chi connectivity index (χ0v) is 10.3. The van der Waals surface area contributed by atoms with Crippen molar-refractivity contribution in [2.45, 2.75) is 56.6 Å². The molecule has 1 saturated heterocycles. The van der Waals surface area contributed by atoms with Crippen LogP contribution in [0.3, 0.4) is 0 Å². The van der Waals surface area contributed by atoms with Gasteiger partial charge in [-0.25, -0.2) is 0 Å². The van der Waals surface area contributed by atoms with Gasteiger partial charge in [0.25, 0.3) is 0 Å². The third-order valence-corrected chi connectivity index (χ3v) is 5.66. The molecule has 1 heterocycles. The van der Waals surface area contributed by atoms with Crippen molar-refractivity contribution in [2.75, 3.05) is 6.54 Å². The van der Waals surface area contributed by atoms with Crippen LogP contribution in [0.25, 0.3) is 0 Å². The van der Waals surface area contributed by atoms with Crippen LogP contribution in [-0.4, -0.2) is 34.1 Å². The predicted octanol–water partition coefficient (Wildman–Crippen LogP) is 1.55. The molecule has 2 atom stereocenters. The Morgan fingerprint density at radius 3 is 2.41 bits per heavy atom. The monoisotopic (exact) mass is 235 g/mol. The van der Waals surface area contributed by atoms with Gasteiger partial charge in [0.1, 0.15) is 0 Å². The van der Waals surface area contributed by atoms with Crippen molar-refractivity contribution in [2.24, 2.45) is 17.8 Å². The SMILES string of the molecule is O=C1CCCN1C1C2CC3CC1CC(O)(C3)C2. The van der Waals surface area contributed by atoms with Gasteiger partial charge in [-0.3, -0.25) is 4.79 Å². The summed E-state index contributed by atoms with van der Waals surface area (Å²) in [6.07, 6.45) is 7.25. The van der Waals surface area contributed by atoms with Crippen LogP contribution in [0.2, 0.25) is 0 Å². The lowest BCUT2D eigenvalue weighted by Gasteiger charge is -2.59. The summed E-state index contributed by atoms with van der Waals surface area (Å²) in [4.78, 5) is 14.1. The molecule has 0 aromatic heterocycles. The molecule has 3 heteroatoms. The van der Waals surface area contributed by atoms with Gasteiger partial charge < -0.3 is 10.0 Å². The smallest absolute Gasteiger partial charge is 0.222 e. The third kappa shape index (κ3) is 1.41. The number of nitrogens with zero attached hydrogens (tertiary/aromatic N) is 1. The molecule has 4 bridgehead atoms. The number of aliphatic hydroxyl groups is 1. The highest BCUT2D eigenvalue weighted by Crippen LogP contribution is 2.57. The minimum absolute atomic E-state index is 0.365. The lowest BCUT2D eigenvalue weighted by atomic mass is 9.52. The Labute approximate surface area is 102 Å². The topological polar surface area (TPSA) is 40.5 Å². The maximum Gasteiger partial charge on any atom is 0.222 e. The normalized spacial score (nSPS) is 52.5. The van der Waals surface area contributed by atoms with Gasteiger partial charge in [-0.1, -0.05) is 0 Å². The second kappa shape index (κ2) is 3.25. The van der Waals surface area contributed by atoms with Crippen LogP contribution in [0, 0.1) is 17.8 Å². The van der Waals surface area contributed by atoms with Crippen LogP contribution in [0.15, 0.2) is 0 Å². The second-order valence-electron chi connectivity index (χ2n) is 6.88. The minimum Gasteiger partial charge on any atom is -0.390 e. The quantitative estimate of drug-likeness (QED) is 0.749. The van der Waals surface area contributed by atoms with Gasteiger partial charge in [0.15, 0.2) is 0 Å². The maximum atomic E-state index is 11.9. The molecule has 2 unspecified atom stereocenters. The van der Waals surface area contributed by atoms with Crippen LogP contribution in [0.5, 0.6) is 0 Å². The summed E-state index contributed by atoms with van der Waals surface area (Å²) in [6, 6.07) is 0.474. The Hall–Kier alpha value is -0.570. The highest BCUT2D eigenvalue weighted by atomic mass is 16.3. The predicted molar refractivity (Wildman–Crippen MR) is 63.2 cm³/mol. The first kappa shape index (κ1) is 10.4. The molecule has 17 heavy (non-hydrogen) atoms. The van der Waals surface area contributed by atoms with E-state index in [4.69, 9.17) is 0 Å². The van der Waals surface area contributed by atoms with Gasteiger partial charge in [0.2, 0.25) is 5.91 Å². The van der Waals surface area contributed by atoms with E-state index in [1.54, 1.807) is 0 Å². The summed E-state index contributed by atoms with van der Waals surface area (Å²) in [5.41, 5.74) is -0.365. The molecule has 94 valence electrons. The molecule has 5 fully saturated rings. The molecule has 4 aliphatic carbocycles. The zero-order valence-electron chi connectivity index (χ0n) is 10.3. The lowest BCUT2D eigenvalue weighted by molar-refractivity contribution is -0.166. The molecule has 0 spiro atoms. The highest BCUT2D eigenvalue weighted by Gasteiger charge is 2.56. The number of rotatable bonds is 1. The minimum atomic E-state index is -0.365. The number of carbonyl (C=O) groups is 1. The molecule has 5 rings (SSSR count). The van der Waals surface area contributed by atoms with E-state index in [0.717, 1.165) is 44.6 Å². The van der Waals surface area contributed by atoms with E-state index in [1.165, 1.54) is 12.8 Å². The zero-order chi connectivity index (χ0) is 11.6. The van der Waals surface area contributed by atoms with Crippen molar-refractivity contribution in [1.29, 1.82) is 0 Å². The molecule has 0 aromatic carbocycles. The molecule has 0 aromatic rings. The van der Waals surface area contributed by atoms with Crippen LogP contribution < -0.4 is 0 Å². The largest absolute Gasteiger partial charge is 0.390 e. The van der Waals surface area contributed by atoms with E-state index in [1.807, 2.05) is 0 Å². The van der Waals surface area contributed by atoms with Gasteiger partial charge in [-0.15, -0.1) is 0 Å². The van der Waals surface area contributed by atoms with Gasteiger partial charge in [-0.2, -0.15) is 0 Å². The fourth-order valence-corrected chi connectivity index (χ4v) is 5.45. The average molecular weight is 235 g/mol.